The first kappa shape index (κ1) is 31.0. The van der Waals surface area contributed by atoms with Crippen molar-refractivity contribution in [2.24, 2.45) is 0 Å². The summed E-state index contributed by atoms with van der Waals surface area (Å²) in [6.07, 6.45) is 0.447. The number of ether oxygens (including phenoxy) is 5. The number of methoxy groups -OCH3 is 2. The van der Waals surface area contributed by atoms with Gasteiger partial charge in [-0.25, -0.2) is 9.78 Å². The molecular weight excluding hydrogens is 556 g/mol. The van der Waals surface area contributed by atoms with E-state index in [-0.39, 0.29) is 5.91 Å². The lowest BCUT2D eigenvalue weighted by Crippen LogP contribution is -2.27. The normalized spacial score (nSPS) is 10.7. The third-order valence-electron chi connectivity index (χ3n) is 6.10. The smallest absolute Gasteiger partial charge is 0.409 e. The van der Waals surface area contributed by atoms with Crippen LogP contribution in [0.5, 0.6) is 17.2 Å². The number of aromatic nitrogens is 1. The Balaban J connectivity index is 1.39. The fourth-order valence-corrected chi connectivity index (χ4v) is 4.13. The maximum absolute atomic E-state index is 12.8. The van der Waals surface area contributed by atoms with E-state index in [1.807, 2.05) is 24.3 Å². The molecule has 0 saturated heterocycles. The van der Waals surface area contributed by atoms with Gasteiger partial charge in [0.15, 0.2) is 0 Å². The van der Waals surface area contributed by atoms with Gasteiger partial charge in [-0.1, -0.05) is 24.3 Å². The number of carbonyl (C=O) groups is 2. The topological polar surface area (TPSA) is 150 Å². The van der Waals surface area contributed by atoms with Gasteiger partial charge in [0, 0.05) is 54.0 Å². The summed E-state index contributed by atoms with van der Waals surface area (Å²) in [6.45, 7) is 2.60. The highest BCUT2D eigenvalue weighted by atomic mass is 16.5. The third kappa shape index (κ3) is 9.30. The van der Waals surface area contributed by atoms with E-state index in [9.17, 15) is 9.59 Å². The van der Waals surface area contributed by atoms with E-state index in [4.69, 9.17) is 28.8 Å². The molecule has 226 valence electrons. The SMILES string of the molecule is COCCOCCOCCNC(=O)c1cc(Nc2cc(Oc3ccc(NC(=O)O)c4ccccc34)ccn2)cc(OC)c1. The average Bonchev–Trinajstić information content (AvgIpc) is 3.01. The summed E-state index contributed by atoms with van der Waals surface area (Å²) >= 11 is 0. The summed E-state index contributed by atoms with van der Waals surface area (Å²) in [5, 5.41) is 19.1. The number of hydrogen-bond donors (Lipinski definition) is 4. The Morgan fingerprint density at radius 2 is 1.60 bits per heavy atom. The van der Waals surface area contributed by atoms with Crippen LogP contribution in [0.25, 0.3) is 10.8 Å². The van der Waals surface area contributed by atoms with E-state index in [0.29, 0.717) is 85.0 Å². The number of hydrogen-bond acceptors (Lipinski definition) is 9. The molecule has 12 heteroatoms. The Morgan fingerprint density at radius 1 is 0.837 bits per heavy atom. The molecule has 0 atom stereocenters. The molecule has 3 aromatic carbocycles. The number of nitrogens with one attached hydrogen (secondary N) is 3. The van der Waals surface area contributed by atoms with Gasteiger partial charge < -0.3 is 39.4 Å². The zero-order valence-corrected chi connectivity index (χ0v) is 23.9. The second kappa shape index (κ2) is 15.9. The van der Waals surface area contributed by atoms with Crippen molar-refractivity contribution < 1.29 is 38.4 Å². The van der Waals surface area contributed by atoms with Gasteiger partial charge in [0.1, 0.15) is 23.1 Å². The van der Waals surface area contributed by atoms with E-state index < -0.39 is 6.09 Å². The number of pyridine rings is 1. The minimum absolute atomic E-state index is 0.278. The molecule has 0 aliphatic carbocycles. The van der Waals surface area contributed by atoms with Gasteiger partial charge in [-0.3, -0.25) is 10.1 Å². The van der Waals surface area contributed by atoms with Crippen LogP contribution in [0, 0.1) is 0 Å². The second-order valence-electron chi connectivity index (χ2n) is 9.11. The molecule has 2 amide bonds. The van der Waals surface area contributed by atoms with Crippen LogP contribution in [-0.4, -0.2) is 75.9 Å². The lowest BCUT2D eigenvalue weighted by Gasteiger charge is -2.14. The van der Waals surface area contributed by atoms with Gasteiger partial charge in [0.2, 0.25) is 0 Å². The van der Waals surface area contributed by atoms with Crippen molar-refractivity contribution in [1.29, 1.82) is 0 Å². The Bertz CT molecular complexity index is 1530. The molecule has 4 rings (SSSR count). The molecule has 0 aliphatic rings. The molecule has 1 aromatic heterocycles. The van der Waals surface area contributed by atoms with Crippen molar-refractivity contribution in [3.63, 3.8) is 0 Å². The van der Waals surface area contributed by atoms with Gasteiger partial charge in [-0.15, -0.1) is 0 Å². The zero-order valence-electron chi connectivity index (χ0n) is 23.9. The van der Waals surface area contributed by atoms with Crippen LogP contribution >= 0.6 is 0 Å². The minimum atomic E-state index is -1.15. The van der Waals surface area contributed by atoms with Crippen LogP contribution in [0.1, 0.15) is 10.4 Å². The Kier molecular flexibility index (Phi) is 11.5. The largest absolute Gasteiger partial charge is 0.497 e. The average molecular weight is 591 g/mol. The lowest BCUT2D eigenvalue weighted by atomic mass is 10.1. The van der Waals surface area contributed by atoms with Crippen LogP contribution in [-0.2, 0) is 14.2 Å². The van der Waals surface area contributed by atoms with Crippen molar-refractivity contribution in [3.05, 3.63) is 78.5 Å². The first-order valence-corrected chi connectivity index (χ1v) is 13.5. The summed E-state index contributed by atoms with van der Waals surface area (Å²) < 4.78 is 27.3. The fourth-order valence-electron chi connectivity index (χ4n) is 4.13. The first-order valence-electron chi connectivity index (χ1n) is 13.5. The quantitative estimate of drug-likeness (QED) is 0.127. The molecule has 0 radical (unpaired) electrons. The second-order valence-corrected chi connectivity index (χ2v) is 9.11. The summed E-state index contributed by atoms with van der Waals surface area (Å²) in [5.41, 5.74) is 1.45. The van der Waals surface area contributed by atoms with Crippen LogP contribution in [0.2, 0.25) is 0 Å². The van der Waals surface area contributed by atoms with Crippen molar-refractivity contribution in [2.45, 2.75) is 0 Å². The lowest BCUT2D eigenvalue weighted by molar-refractivity contribution is 0.0255. The van der Waals surface area contributed by atoms with Crippen LogP contribution in [0.3, 0.4) is 0 Å². The zero-order chi connectivity index (χ0) is 30.4. The molecule has 0 aliphatic heterocycles. The Labute approximate surface area is 248 Å². The van der Waals surface area contributed by atoms with Crippen LogP contribution in [0.15, 0.2) is 72.9 Å². The van der Waals surface area contributed by atoms with E-state index in [1.165, 1.54) is 7.11 Å². The highest BCUT2D eigenvalue weighted by Crippen LogP contribution is 2.35. The van der Waals surface area contributed by atoms with E-state index in [0.717, 1.165) is 5.39 Å². The maximum Gasteiger partial charge on any atom is 0.409 e. The highest BCUT2D eigenvalue weighted by molar-refractivity contribution is 6.02. The predicted octanol–water partition coefficient (Wildman–Crippen LogP) is 5.28. The molecule has 0 fully saturated rings. The van der Waals surface area contributed by atoms with Gasteiger partial charge in [-0.05, 0) is 30.3 Å². The standard InChI is InChI=1S/C31H34N4O8/c1-39-13-14-42-16-15-41-12-11-33-30(36)21-17-22(19-24(18-21)40-2)34-29-20-23(9-10-32-29)43-28-8-7-27(35-31(37)38)25-5-3-4-6-26(25)28/h3-10,17-20,35H,11-16H2,1-2H3,(H,32,34)(H,33,36)(H,37,38). The summed E-state index contributed by atoms with van der Waals surface area (Å²) in [4.78, 5) is 28.4. The molecule has 12 nitrogen and oxygen atoms in total. The first-order chi connectivity index (χ1) is 21.0. The predicted molar refractivity (Wildman–Crippen MR) is 162 cm³/mol. The molecule has 0 spiro atoms. The molecule has 0 saturated carbocycles. The highest BCUT2D eigenvalue weighted by Gasteiger charge is 2.12. The van der Waals surface area contributed by atoms with Crippen molar-refractivity contribution in [3.8, 4) is 17.2 Å². The molecule has 1 heterocycles. The fraction of sp³-hybridized carbons (Fsp3) is 0.258. The van der Waals surface area contributed by atoms with Crippen LogP contribution in [0.4, 0.5) is 22.0 Å². The molecule has 43 heavy (non-hydrogen) atoms. The summed E-state index contributed by atoms with van der Waals surface area (Å²) in [5.74, 6) is 1.75. The number of rotatable bonds is 16. The number of amides is 2. The van der Waals surface area contributed by atoms with E-state index >= 15 is 0 Å². The monoisotopic (exact) mass is 590 g/mol. The van der Waals surface area contributed by atoms with Gasteiger partial charge in [0.25, 0.3) is 5.91 Å². The van der Waals surface area contributed by atoms with E-state index in [1.54, 1.807) is 55.8 Å². The van der Waals surface area contributed by atoms with Gasteiger partial charge in [-0.2, -0.15) is 0 Å². The minimum Gasteiger partial charge on any atom is -0.497 e. The van der Waals surface area contributed by atoms with Crippen molar-refractivity contribution in [1.82, 2.24) is 10.3 Å². The molecule has 4 N–H and O–H groups in total. The summed E-state index contributed by atoms with van der Waals surface area (Å²) in [6, 6.07) is 19.2. The molecule has 0 bridgehead atoms. The Morgan fingerprint density at radius 3 is 2.37 bits per heavy atom. The van der Waals surface area contributed by atoms with Crippen molar-refractivity contribution >= 4 is 40.0 Å². The van der Waals surface area contributed by atoms with E-state index in [2.05, 4.69) is 20.9 Å². The molecule has 0 unspecified atom stereocenters. The van der Waals surface area contributed by atoms with Gasteiger partial charge >= 0.3 is 6.09 Å². The molecule has 4 aromatic rings. The molecular formula is C31H34N4O8. The maximum atomic E-state index is 12.8. The van der Waals surface area contributed by atoms with Crippen molar-refractivity contribution in [2.75, 3.05) is 64.4 Å². The summed E-state index contributed by atoms with van der Waals surface area (Å²) in [7, 11) is 3.14. The number of carbonyl (C=O) groups excluding carboxylic acids is 1. The number of anilines is 3. The number of benzene rings is 3. The van der Waals surface area contributed by atoms with Gasteiger partial charge in [0.05, 0.1) is 45.8 Å². The van der Waals surface area contributed by atoms with Crippen LogP contribution < -0.4 is 25.4 Å². The number of carboxylic acid groups (broad SMARTS) is 1. The number of fused-ring (bicyclic) bond motifs is 1. The third-order valence-corrected chi connectivity index (χ3v) is 6.10. The Hall–Kier alpha value is -4.91. The number of nitrogens with zero attached hydrogens (tertiary/aromatic N) is 1.